The van der Waals surface area contributed by atoms with Crippen LogP contribution in [0.2, 0.25) is 0 Å². The summed E-state index contributed by atoms with van der Waals surface area (Å²) in [6, 6.07) is 12.9. The predicted molar refractivity (Wildman–Crippen MR) is 84.6 cm³/mol. The summed E-state index contributed by atoms with van der Waals surface area (Å²) in [5.74, 6) is 0.485. The molecule has 0 fully saturated rings. The lowest BCUT2D eigenvalue weighted by Gasteiger charge is -2.03. The van der Waals surface area contributed by atoms with E-state index in [2.05, 4.69) is 5.32 Å². The number of carbonyl (C=O) groups is 1. The van der Waals surface area contributed by atoms with E-state index in [1.165, 1.54) is 18.2 Å². The molecule has 2 rings (SSSR count). The molecular formula is C15H17ClN2O3. The van der Waals surface area contributed by atoms with E-state index in [-0.39, 0.29) is 23.8 Å². The third-order valence-electron chi connectivity index (χ3n) is 2.32. The van der Waals surface area contributed by atoms with E-state index in [1.807, 2.05) is 0 Å². The van der Waals surface area contributed by atoms with Gasteiger partial charge in [0, 0.05) is 35.8 Å². The molecule has 0 aliphatic heterocycles. The molecule has 0 saturated carbocycles. The lowest BCUT2D eigenvalue weighted by molar-refractivity contribution is -0.115. The van der Waals surface area contributed by atoms with Gasteiger partial charge in [0.25, 0.3) is 0 Å². The highest BCUT2D eigenvalue weighted by molar-refractivity contribution is 6.19. The number of amides is 1. The largest absolute Gasteiger partial charge is 0.508 e. The van der Waals surface area contributed by atoms with Crippen LogP contribution in [0.1, 0.15) is 6.42 Å². The van der Waals surface area contributed by atoms with Crippen LogP contribution in [0.4, 0.5) is 11.4 Å². The molecule has 0 atom stereocenters. The zero-order valence-corrected chi connectivity index (χ0v) is 12.0. The van der Waals surface area contributed by atoms with E-state index in [9.17, 15) is 4.79 Å². The Morgan fingerprint density at radius 3 is 2.19 bits per heavy atom. The molecule has 0 spiro atoms. The van der Waals surface area contributed by atoms with Crippen LogP contribution in [0.5, 0.6) is 11.5 Å². The second kappa shape index (κ2) is 8.71. The standard InChI is InChI=1S/C9H10ClNO2.C6H7NO/c10-5-4-9(13)11-7-2-1-3-8(12)6-7;7-5-2-1-3-6(8)4-5/h1-3,6,12H,4-5H2,(H,11,13);1-4,8H,7H2. The number of nitrogen functional groups attached to an aromatic ring is 1. The Morgan fingerprint density at radius 1 is 1.10 bits per heavy atom. The lowest BCUT2D eigenvalue weighted by Crippen LogP contribution is -2.11. The van der Waals surface area contributed by atoms with Gasteiger partial charge in [0.15, 0.2) is 0 Å². The summed E-state index contributed by atoms with van der Waals surface area (Å²) in [4.78, 5) is 11.0. The number of benzene rings is 2. The summed E-state index contributed by atoms with van der Waals surface area (Å²) in [5, 5.41) is 20.4. The zero-order valence-electron chi connectivity index (χ0n) is 11.3. The van der Waals surface area contributed by atoms with Gasteiger partial charge in [-0.15, -0.1) is 11.6 Å². The Morgan fingerprint density at radius 2 is 1.71 bits per heavy atom. The van der Waals surface area contributed by atoms with E-state index in [4.69, 9.17) is 27.5 Å². The average Bonchev–Trinajstić information content (AvgIpc) is 2.39. The fourth-order valence-corrected chi connectivity index (χ4v) is 1.59. The SMILES string of the molecule is Nc1cccc(O)c1.O=C(CCCl)Nc1cccc(O)c1. The number of halogens is 1. The van der Waals surface area contributed by atoms with Crippen molar-refractivity contribution in [3.05, 3.63) is 48.5 Å². The van der Waals surface area contributed by atoms with Crippen molar-refractivity contribution in [2.75, 3.05) is 16.9 Å². The molecule has 0 bridgehead atoms. The van der Waals surface area contributed by atoms with Crippen LogP contribution in [0.15, 0.2) is 48.5 Å². The smallest absolute Gasteiger partial charge is 0.225 e. The summed E-state index contributed by atoms with van der Waals surface area (Å²) in [6.45, 7) is 0. The van der Waals surface area contributed by atoms with Crippen LogP contribution < -0.4 is 11.1 Å². The molecule has 1 amide bonds. The molecule has 5 N–H and O–H groups in total. The number of nitrogens with one attached hydrogen (secondary N) is 1. The molecule has 112 valence electrons. The summed E-state index contributed by atoms with van der Waals surface area (Å²) >= 11 is 5.38. The first-order valence-electron chi connectivity index (χ1n) is 6.20. The van der Waals surface area contributed by atoms with Crippen molar-refractivity contribution in [3.63, 3.8) is 0 Å². The van der Waals surface area contributed by atoms with Crippen molar-refractivity contribution in [3.8, 4) is 11.5 Å². The number of nitrogens with two attached hydrogens (primary N) is 1. The maximum Gasteiger partial charge on any atom is 0.225 e. The van der Waals surface area contributed by atoms with E-state index in [0.29, 0.717) is 17.3 Å². The molecule has 5 nitrogen and oxygen atoms in total. The first-order valence-corrected chi connectivity index (χ1v) is 6.74. The van der Waals surface area contributed by atoms with Gasteiger partial charge < -0.3 is 21.3 Å². The van der Waals surface area contributed by atoms with Gasteiger partial charge in [-0.25, -0.2) is 0 Å². The second-order valence-electron chi connectivity index (χ2n) is 4.13. The minimum Gasteiger partial charge on any atom is -0.508 e. The molecule has 0 aliphatic rings. The topological polar surface area (TPSA) is 95.6 Å². The van der Waals surface area contributed by atoms with Crippen LogP contribution in [0, 0.1) is 0 Å². The number of carbonyl (C=O) groups excluding carboxylic acids is 1. The molecule has 2 aromatic carbocycles. The van der Waals surface area contributed by atoms with Gasteiger partial charge in [0.1, 0.15) is 11.5 Å². The van der Waals surface area contributed by atoms with Crippen LogP contribution >= 0.6 is 11.6 Å². The molecule has 0 aliphatic carbocycles. The van der Waals surface area contributed by atoms with E-state index in [1.54, 1.807) is 30.3 Å². The summed E-state index contributed by atoms with van der Waals surface area (Å²) in [6.07, 6.45) is 0.275. The Hall–Kier alpha value is -2.40. The fraction of sp³-hybridized carbons (Fsp3) is 0.133. The Kier molecular flexibility index (Phi) is 6.91. The normalized spacial score (nSPS) is 9.38. The van der Waals surface area contributed by atoms with E-state index < -0.39 is 0 Å². The van der Waals surface area contributed by atoms with Crippen LogP contribution in [-0.4, -0.2) is 22.0 Å². The Labute approximate surface area is 128 Å². The molecule has 6 heteroatoms. The van der Waals surface area contributed by atoms with Gasteiger partial charge in [-0.1, -0.05) is 12.1 Å². The monoisotopic (exact) mass is 308 g/mol. The summed E-state index contributed by atoms with van der Waals surface area (Å²) in [7, 11) is 0. The molecule has 21 heavy (non-hydrogen) atoms. The Balaban J connectivity index is 0.000000235. The second-order valence-corrected chi connectivity index (χ2v) is 4.51. The van der Waals surface area contributed by atoms with Crippen molar-refractivity contribution in [1.82, 2.24) is 0 Å². The van der Waals surface area contributed by atoms with Crippen LogP contribution in [0.25, 0.3) is 0 Å². The van der Waals surface area contributed by atoms with Crippen molar-refractivity contribution >= 4 is 28.9 Å². The maximum atomic E-state index is 11.0. The van der Waals surface area contributed by atoms with Crippen molar-refractivity contribution in [2.45, 2.75) is 6.42 Å². The van der Waals surface area contributed by atoms with Crippen LogP contribution in [-0.2, 0) is 4.79 Å². The van der Waals surface area contributed by atoms with Gasteiger partial charge in [0.2, 0.25) is 5.91 Å². The number of anilines is 2. The van der Waals surface area contributed by atoms with E-state index in [0.717, 1.165) is 0 Å². The lowest BCUT2D eigenvalue weighted by atomic mass is 10.3. The highest BCUT2D eigenvalue weighted by atomic mass is 35.5. The fourth-order valence-electron chi connectivity index (χ4n) is 1.42. The molecule has 0 saturated heterocycles. The number of hydrogen-bond donors (Lipinski definition) is 4. The van der Waals surface area contributed by atoms with Crippen molar-refractivity contribution in [1.29, 1.82) is 0 Å². The molecule has 0 radical (unpaired) electrons. The minimum absolute atomic E-state index is 0.128. The molecule has 0 unspecified atom stereocenters. The zero-order chi connectivity index (χ0) is 15.7. The minimum atomic E-state index is -0.152. The van der Waals surface area contributed by atoms with Gasteiger partial charge in [-0.05, 0) is 24.3 Å². The van der Waals surface area contributed by atoms with Gasteiger partial charge in [-0.3, -0.25) is 4.79 Å². The highest BCUT2D eigenvalue weighted by Crippen LogP contribution is 2.15. The van der Waals surface area contributed by atoms with Gasteiger partial charge in [-0.2, -0.15) is 0 Å². The number of aromatic hydroxyl groups is 2. The quantitative estimate of drug-likeness (QED) is 0.518. The Bertz CT molecular complexity index is 573. The third-order valence-corrected chi connectivity index (χ3v) is 2.51. The van der Waals surface area contributed by atoms with Crippen molar-refractivity contribution < 1.29 is 15.0 Å². The van der Waals surface area contributed by atoms with Crippen LogP contribution in [0.3, 0.4) is 0 Å². The molecular weight excluding hydrogens is 292 g/mol. The first kappa shape index (κ1) is 16.7. The molecule has 0 heterocycles. The number of hydrogen-bond acceptors (Lipinski definition) is 4. The van der Waals surface area contributed by atoms with Gasteiger partial charge >= 0.3 is 0 Å². The maximum absolute atomic E-state index is 11.0. The van der Waals surface area contributed by atoms with Crippen molar-refractivity contribution in [2.24, 2.45) is 0 Å². The molecule has 2 aromatic rings. The number of phenolic OH excluding ortho intramolecular Hbond substituents is 2. The predicted octanol–water partition coefficient (Wildman–Crippen LogP) is 2.93. The highest BCUT2D eigenvalue weighted by Gasteiger charge is 2.00. The summed E-state index contributed by atoms with van der Waals surface area (Å²) < 4.78 is 0. The third kappa shape index (κ3) is 7.08. The number of alkyl halides is 1. The van der Waals surface area contributed by atoms with E-state index >= 15 is 0 Å². The average molecular weight is 309 g/mol. The number of rotatable bonds is 3. The summed E-state index contributed by atoms with van der Waals surface area (Å²) in [5.41, 5.74) is 6.47. The first-order chi connectivity index (χ1) is 10.0. The molecule has 0 aromatic heterocycles. The van der Waals surface area contributed by atoms with Gasteiger partial charge in [0.05, 0.1) is 0 Å². The number of phenols is 2.